The maximum Gasteiger partial charge on any atom is 0.329 e. The van der Waals surface area contributed by atoms with Gasteiger partial charge in [-0.15, -0.1) is 0 Å². The summed E-state index contributed by atoms with van der Waals surface area (Å²) in [6.45, 7) is 7.21. The van der Waals surface area contributed by atoms with Crippen molar-refractivity contribution < 1.29 is 14.7 Å². The molecule has 0 bridgehead atoms. The van der Waals surface area contributed by atoms with Crippen LogP contribution in [0.25, 0.3) is 0 Å². The number of carbonyl (C=O) groups is 2. The minimum absolute atomic E-state index is 0.0922. The van der Waals surface area contributed by atoms with Crippen LogP contribution < -0.4 is 5.32 Å². The number of nitrogens with zero attached hydrogens (tertiary/aromatic N) is 1. The van der Waals surface area contributed by atoms with Gasteiger partial charge >= 0.3 is 5.97 Å². The van der Waals surface area contributed by atoms with E-state index in [0.717, 1.165) is 25.9 Å². The lowest BCUT2D eigenvalue weighted by molar-refractivity contribution is -0.155. The largest absolute Gasteiger partial charge is 0.480 e. The van der Waals surface area contributed by atoms with Gasteiger partial charge in [0.25, 0.3) is 0 Å². The number of carboxylic acids is 1. The van der Waals surface area contributed by atoms with Gasteiger partial charge in [0.2, 0.25) is 5.91 Å². The van der Waals surface area contributed by atoms with E-state index in [1.54, 1.807) is 20.9 Å². The number of nitrogens with one attached hydrogen (secondary N) is 1. The first kappa shape index (κ1) is 16.0. The molecule has 2 atom stereocenters. The van der Waals surface area contributed by atoms with Gasteiger partial charge in [0.15, 0.2) is 0 Å². The Morgan fingerprint density at radius 1 is 1.47 bits per heavy atom. The van der Waals surface area contributed by atoms with E-state index in [9.17, 15) is 9.59 Å². The molecule has 5 heteroatoms. The van der Waals surface area contributed by atoms with Crippen LogP contribution in [-0.2, 0) is 9.59 Å². The third-order valence-electron chi connectivity index (χ3n) is 4.37. The van der Waals surface area contributed by atoms with E-state index in [1.165, 1.54) is 4.90 Å². The number of carboxylic acid groups (broad SMARTS) is 1. The van der Waals surface area contributed by atoms with Crippen molar-refractivity contribution in [2.75, 3.05) is 20.1 Å². The monoisotopic (exact) mass is 270 g/mol. The van der Waals surface area contributed by atoms with Crippen LogP contribution in [0.4, 0.5) is 0 Å². The fraction of sp³-hybridized carbons (Fsp3) is 0.857. The summed E-state index contributed by atoms with van der Waals surface area (Å²) in [5, 5.41) is 12.5. The maximum absolute atomic E-state index is 12.2. The van der Waals surface area contributed by atoms with Crippen LogP contribution in [-0.4, -0.2) is 47.6 Å². The van der Waals surface area contributed by atoms with Crippen LogP contribution in [0.15, 0.2) is 0 Å². The Bertz CT molecular complexity index is 336. The Morgan fingerprint density at radius 3 is 2.58 bits per heavy atom. The topological polar surface area (TPSA) is 69.6 Å². The predicted molar refractivity (Wildman–Crippen MR) is 73.9 cm³/mol. The highest BCUT2D eigenvalue weighted by atomic mass is 16.4. The first-order valence-corrected chi connectivity index (χ1v) is 6.97. The van der Waals surface area contributed by atoms with Gasteiger partial charge in [0.1, 0.15) is 5.54 Å². The lowest BCUT2D eigenvalue weighted by Crippen LogP contribution is -2.51. The molecule has 1 heterocycles. The molecule has 2 unspecified atom stereocenters. The number of aliphatic carboxylic acids is 1. The zero-order valence-corrected chi connectivity index (χ0v) is 12.4. The summed E-state index contributed by atoms with van der Waals surface area (Å²) in [5.41, 5.74) is -1.15. The Balaban J connectivity index is 2.56. The number of hydrogen-bond donors (Lipinski definition) is 2. The minimum atomic E-state index is -1.15. The van der Waals surface area contributed by atoms with Crippen molar-refractivity contribution in [2.45, 2.75) is 45.6 Å². The molecule has 0 aromatic heterocycles. The molecule has 1 rings (SSSR count). The summed E-state index contributed by atoms with van der Waals surface area (Å²) < 4.78 is 0. The van der Waals surface area contributed by atoms with E-state index in [2.05, 4.69) is 12.2 Å². The Labute approximate surface area is 115 Å². The summed E-state index contributed by atoms with van der Waals surface area (Å²) >= 11 is 0. The van der Waals surface area contributed by atoms with Gasteiger partial charge in [-0.2, -0.15) is 0 Å². The SMILES string of the molecule is CC(CC(=O)N(C)C(C)(C)C(=O)O)C1CCCNC1. The number of hydrogen-bond acceptors (Lipinski definition) is 3. The van der Waals surface area contributed by atoms with E-state index < -0.39 is 11.5 Å². The van der Waals surface area contributed by atoms with E-state index in [1.807, 2.05) is 0 Å². The van der Waals surface area contributed by atoms with Gasteiger partial charge in [-0.1, -0.05) is 6.92 Å². The molecule has 5 nitrogen and oxygen atoms in total. The fourth-order valence-corrected chi connectivity index (χ4v) is 2.40. The summed E-state index contributed by atoms with van der Waals surface area (Å²) in [4.78, 5) is 24.7. The van der Waals surface area contributed by atoms with Gasteiger partial charge in [-0.3, -0.25) is 4.79 Å². The third kappa shape index (κ3) is 3.93. The third-order valence-corrected chi connectivity index (χ3v) is 4.37. The van der Waals surface area contributed by atoms with E-state index in [-0.39, 0.29) is 11.8 Å². The normalized spacial score (nSPS) is 21.8. The first-order chi connectivity index (χ1) is 8.76. The Hall–Kier alpha value is -1.10. The quantitative estimate of drug-likeness (QED) is 0.791. The van der Waals surface area contributed by atoms with Crippen LogP contribution in [0.1, 0.15) is 40.0 Å². The molecular weight excluding hydrogens is 244 g/mol. The molecule has 0 aromatic carbocycles. The molecule has 1 aliphatic heterocycles. The van der Waals surface area contributed by atoms with E-state index in [4.69, 9.17) is 5.11 Å². The number of rotatable bonds is 5. The minimum Gasteiger partial charge on any atom is -0.480 e. The molecule has 0 saturated carbocycles. The molecule has 2 N–H and O–H groups in total. The number of piperidine rings is 1. The summed E-state index contributed by atoms with van der Waals surface area (Å²) in [5.74, 6) is -0.271. The molecule has 19 heavy (non-hydrogen) atoms. The second-order valence-corrected chi connectivity index (χ2v) is 6.10. The van der Waals surface area contributed by atoms with Crippen molar-refractivity contribution in [1.29, 1.82) is 0 Å². The maximum atomic E-state index is 12.2. The molecular formula is C14H26N2O3. The molecule has 0 aliphatic carbocycles. The van der Waals surface area contributed by atoms with Crippen molar-refractivity contribution in [1.82, 2.24) is 10.2 Å². The number of carbonyl (C=O) groups excluding carboxylic acids is 1. The first-order valence-electron chi connectivity index (χ1n) is 6.97. The van der Waals surface area contributed by atoms with Crippen LogP contribution in [0, 0.1) is 11.8 Å². The Morgan fingerprint density at radius 2 is 2.11 bits per heavy atom. The van der Waals surface area contributed by atoms with Crippen LogP contribution in [0.2, 0.25) is 0 Å². The number of likely N-dealkylation sites (N-methyl/N-ethyl adjacent to an activating group) is 1. The lowest BCUT2D eigenvalue weighted by atomic mass is 9.85. The van der Waals surface area contributed by atoms with Gasteiger partial charge in [0, 0.05) is 13.5 Å². The highest BCUT2D eigenvalue weighted by molar-refractivity contribution is 5.86. The van der Waals surface area contributed by atoms with Crippen molar-refractivity contribution in [2.24, 2.45) is 11.8 Å². The van der Waals surface area contributed by atoms with Crippen LogP contribution in [0.5, 0.6) is 0 Å². The molecule has 1 fully saturated rings. The highest BCUT2D eigenvalue weighted by Crippen LogP contribution is 2.24. The van der Waals surface area contributed by atoms with Gasteiger partial charge in [0.05, 0.1) is 0 Å². The molecule has 1 saturated heterocycles. The molecule has 0 radical (unpaired) electrons. The lowest BCUT2D eigenvalue weighted by Gasteiger charge is -2.34. The average Bonchev–Trinajstić information content (AvgIpc) is 2.38. The molecule has 110 valence electrons. The van der Waals surface area contributed by atoms with Gasteiger partial charge < -0.3 is 15.3 Å². The summed E-state index contributed by atoms with van der Waals surface area (Å²) in [6.07, 6.45) is 2.71. The van der Waals surface area contributed by atoms with Crippen molar-refractivity contribution in [3.63, 3.8) is 0 Å². The fourth-order valence-electron chi connectivity index (χ4n) is 2.40. The van der Waals surface area contributed by atoms with Crippen LogP contribution >= 0.6 is 0 Å². The molecule has 0 aromatic rings. The standard InChI is InChI=1S/C14H26N2O3/c1-10(11-6-5-7-15-9-11)8-12(17)16(4)14(2,3)13(18)19/h10-11,15H,5-9H2,1-4H3,(H,18,19). The molecule has 0 spiro atoms. The number of amides is 1. The smallest absolute Gasteiger partial charge is 0.329 e. The average molecular weight is 270 g/mol. The zero-order valence-electron chi connectivity index (χ0n) is 12.4. The second-order valence-electron chi connectivity index (χ2n) is 6.10. The predicted octanol–water partition coefficient (Wildman–Crippen LogP) is 1.33. The van der Waals surface area contributed by atoms with Gasteiger partial charge in [-0.05, 0) is 51.6 Å². The van der Waals surface area contributed by atoms with Crippen LogP contribution in [0.3, 0.4) is 0 Å². The van der Waals surface area contributed by atoms with Crippen molar-refractivity contribution >= 4 is 11.9 Å². The second kappa shape index (κ2) is 6.37. The summed E-state index contributed by atoms with van der Waals surface area (Å²) in [7, 11) is 1.57. The van der Waals surface area contributed by atoms with Crippen molar-refractivity contribution in [3.05, 3.63) is 0 Å². The summed E-state index contributed by atoms with van der Waals surface area (Å²) in [6, 6.07) is 0. The zero-order chi connectivity index (χ0) is 14.6. The van der Waals surface area contributed by atoms with E-state index >= 15 is 0 Å². The van der Waals surface area contributed by atoms with E-state index in [0.29, 0.717) is 12.3 Å². The molecule has 1 amide bonds. The van der Waals surface area contributed by atoms with Crippen molar-refractivity contribution in [3.8, 4) is 0 Å². The highest BCUT2D eigenvalue weighted by Gasteiger charge is 2.36. The molecule has 1 aliphatic rings. The Kier molecular flexibility index (Phi) is 5.35. The van der Waals surface area contributed by atoms with Gasteiger partial charge in [-0.25, -0.2) is 4.79 Å².